The van der Waals surface area contributed by atoms with Crippen molar-refractivity contribution in [3.63, 3.8) is 0 Å². The van der Waals surface area contributed by atoms with E-state index in [0.29, 0.717) is 10.8 Å². The molecule has 2 aromatic carbocycles. The van der Waals surface area contributed by atoms with Gasteiger partial charge in [0.25, 0.3) is 11.8 Å². The largest absolute Gasteiger partial charge is 0.484 e. The predicted molar refractivity (Wildman–Crippen MR) is 89.7 cm³/mol. The number of hydrogen-bond donors (Lipinski definition) is 2. The molecule has 2 amide bonds. The molecule has 0 unspecified atom stereocenters. The van der Waals surface area contributed by atoms with Gasteiger partial charge in [0.1, 0.15) is 17.3 Å². The van der Waals surface area contributed by atoms with Gasteiger partial charge in [-0.25, -0.2) is 4.39 Å². The molecular formula is C17H16ClFN2O4. The van der Waals surface area contributed by atoms with Crippen molar-refractivity contribution in [2.24, 2.45) is 0 Å². The van der Waals surface area contributed by atoms with Crippen molar-refractivity contribution in [2.45, 2.75) is 13.0 Å². The van der Waals surface area contributed by atoms with E-state index in [1.54, 1.807) is 24.3 Å². The first-order valence-corrected chi connectivity index (χ1v) is 7.71. The molecular weight excluding hydrogens is 351 g/mol. The van der Waals surface area contributed by atoms with Crippen LogP contribution in [0.15, 0.2) is 48.5 Å². The Morgan fingerprint density at radius 3 is 2.52 bits per heavy atom. The molecule has 132 valence electrons. The first kappa shape index (κ1) is 18.5. The molecule has 0 aliphatic carbocycles. The van der Waals surface area contributed by atoms with Gasteiger partial charge in [-0.2, -0.15) is 0 Å². The standard InChI is InChI=1S/C17H16ClFN2O4/c1-11(25-14-7-5-12(18)6-8-14)17(23)21-20-16(22)10-24-15-4-2-3-13(19)9-15/h2-9,11H,10H2,1H3,(H,20,22)(H,21,23)/t11-/m0/s1. The molecule has 0 fully saturated rings. The molecule has 2 rings (SSSR count). The molecule has 2 N–H and O–H groups in total. The molecule has 0 radical (unpaired) electrons. The summed E-state index contributed by atoms with van der Waals surface area (Å²) < 4.78 is 23.5. The van der Waals surface area contributed by atoms with Crippen LogP contribution in [0.4, 0.5) is 4.39 Å². The highest BCUT2D eigenvalue weighted by Gasteiger charge is 2.15. The minimum absolute atomic E-state index is 0.209. The first-order valence-electron chi connectivity index (χ1n) is 7.33. The number of benzene rings is 2. The van der Waals surface area contributed by atoms with Crippen LogP contribution in [0.2, 0.25) is 5.02 Å². The number of hydrogen-bond acceptors (Lipinski definition) is 4. The molecule has 0 aliphatic rings. The van der Waals surface area contributed by atoms with Crippen molar-refractivity contribution in [2.75, 3.05) is 6.61 Å². The van der Waals surface area contributed by atoms with Gasteiger partial charge in [0.05, 0.1) is 0 Å². The lowest BCUT2D eigenvalue weighted by atomic mass is 10.3. The van der Waals surface area contributed by atoms with E-state index >= 15 is 0 Å². The zero-order valence-corrected chi connectivity index (χ0v) is 14.0. The fourth-order valence-corrected chi connectivity index (χ4v) is 1.87. The molecule has 0 bridgehead atoms. The van der Waals surface area contributed by atoms with E-state index in [2.05, 4.69) is 10.9 Å². The van der Waals surface area contributed by atoms with Crippen LogP contribution in [0, 0.1) is 5.82 Å². The molecule has 6 nitrogen and oxygen atoms in total. The van der Waals surface area contributed by atoms with Gasteiger partial charge in [0.15, 0.2) is 12.7 Å². The Morgan fingerprint density at radius 2 is 1.84 bits per heavy atom. The second-order valence-corrected chi connectivity index (χ2v) is 5.43. The smallest absolute Gasteiger partial charge is 0.279 e. The molecule has 1 atom stereocenters. The lowest BCUT2D eigenvalue weighted by molar-refractivity contribution is -0.133. The quantitative estimate of drug-likeness (QED) is 0.770. The van der Waals surface area contributed by atoms with Crippen molar-refractivity contribution in [1.29, 1.82) is 0 Å². The van der Waals surface area contributed by atoms with E-state index in [-0.39, 0.29) is 12.4 Å². The maximum Gasteiger partial charge on any atom is 0.279 e. The highest BCUT2D eigenvalue weighted by atomic mass is 35.5. The summed E-state index contributed by atoms with van der Waals surface area (Å²) >= 11 is 5.76. The fraction of sp³-hybridized carbons (Fsp3) is 0.176. The lowest BCUT2D eigenvalue weighted by Gasteiger charge is -2.15. The average molecular weight is 367 g/mol. The third-order valence-electron chi connectivity index (χ3n) is 2.99. The maximum atomic E-state index is 13.0. The summed E-state index contributed by atoms with van der Waals surface area (Å²) in [5, 5.41) is 0.551. The Kier molecular flexibility index (Phi) is 6.59. The number of rotatable bonds is 6. The van der Waals surface area contributed by atoms with E-state index in [1.807, 2.05) is 0 Å². The molecule has 0 heterocycles. The summed E-state index contributed by atoms with van der Waals surface area (Å²) in [7, 11) is 0. The van der Waals surface area contributed by atoms with Gasteiger partial charge in [0.2, 0.25) is 0 Å². The van der Waals surface area contributed by atoms with Crippen molar-refractivity contribution in [3.8, 4) is 11.5 Å². The van der Waals surface area contributed by atoms with Crippen molar-refractivity contribution in [1.82, 2.24) is 10.9 Å². The van der Waals surface area contributed by atoms with E-state index < -0.39 is 23.7 Å². The van der Waals surface area contributed by atoms with E-state index in [0.717, 1.165) is 6.07 Å². The van der Waals surface area contributed by atoms with Gasteiger partial charge in [-0.05, 0) is 43.3 Å². The molecule has 0 aliphatic heterocycles. The van der Waals surface area contributed by atoms with Crippen LogP contribution in [0.1, 0.15) is 6.92 Å². The molecule has 0 saturated carbocycles. The fourth-order valence-electron chi connectivity index (χ4n) is 1.75. The number of carbonyl (C=O) groups excluding carboxylic acids is 2. The highest BCUT2D eigenvalue weighted by Crippen LogP contribution is 2.16. The number of halogens is 2. The van der Waals surface area contributed by atoms with Gasteiger partial charge in [-0.1, -0.05) is 17.7 Å². The highest BCUT2D eigenvalue weighted by molar-refractivity contribution is 6.30. The minimum Gasteiger partial charge on any atom is -0.484 e. The topological polar surface area (TPSA) is 76.7 Å². The summed E-state index contributed by atoms with van der Waals surface area (Å²) in [5.41, 5.74) is 4.40. The third kappa shape index (κ3) is 6.31. The SMILES string of the molecule is C[C@H](Oc1ccc(Cl)cc1)C(=O)NNC(=O)COc1cccc(F)c1. The van der Waals surface area contributed by atoms with Gasteiger partial charge in [-0.15, -0.1) is 0 Å². The van der Waals surface area contributed by atoms with Crippen molar-refractivity contribution < 1.29 is 23.5 Å². The number of carbonyl (C=O) groups is 2. The molecule has 25 heavy (non-hydrogen) atoms. The Hall–Kier alpha value is -2.80. The van der Waals surface area contributed by atoms with Crippen LogP contribution in [-0.2, 0) is 9.59 Å². The summed E-state index contributed by atoms with van der Waals surface area (Å²) in [6, 6.07) is 11.9. The van der Waals surface area contributed by atoms with E-state index in [9.17, 15) is 14.0 Å². The van der Waals surface area contributed by atoms with Crippen LogP contribution in [0.3, 0.4) is 0 Å². The summed E-state index contributed by atoms with van der Waals surface area (Å²) in [5.74, 6) is -0.946. The second-order valence-electron chi connectivity index (χ2n) is 5.00. The van der Waals surface area contributed by atoms with Crippen LogP contribution in [0.5, 0.6) is 11.5 Å². The van der Waals surface area contributed by atoms with Gasteiger partial charge >= 0.3 is 0 Å². The summed E-state index contributed by atoms with van der Waals surface area (Å²) in [6.45, 7) is 1.15. The zero-order valence-electron chi connectivity index (χ0n) is 13.3. The Bertz CT molecular complexity index is 740. The normalized spacial score (nSPS) is 11.3. The summed E-state index contributed by atoms with van der Waals surface area (Å²) in [6.07, 6.45) is -0.842. The maximum absolute atomic E-state index is 13.0. The van der Waals surface area contributed by atoms with Crippen LogP contribution in [0.25, 0.3) is 0 Å². The third-order valence-corrected chi connectivity index (χ3v) is 3.24. The Labute approximate surface area is 148 Å². The Morgan fingerprint density at radius 1 is 1.12 bits per heavy atom. The average Bonchev–Trinajstić information content (AvgIpc) is 2.60. The number of ether oxygens (including phenoxy) is 2. The molecule has 0 aromatic heterocycles. The molecule has 0 spiro atoms. The van der Waals surface area contributed by atoms with Crippen LogP contribution in [-0.4, -0.2) is 24.5 Å². The zero-order chi connectivity index (χ0) is 18.2. The monoisotopic (exact) mass is 366 g/mol. The number of hydrazine groups is 1. The van der Waals surface area contributed by atoms with Crippen LogP contribution < -0.4 is 20.3 Å². The van der Waals surface area contributed by atoms with Crippen molar-refractivity contribution in [3.05, 3.63) is 59.4 Å². The number of amides is 2. The second kappa shape index (κ2) is 8.89. The first-order chi connectivity index (χ1) is 11.9. The number of nitrogens with one attached hydrogen (secondary N) is 2. The van der Waals surface area contributed by atoms with Crippen LogP contribution >= 0.6 is 11.6 Å². The van der Waals surface area contributed by atoms with Gasteiger partial charge in [0, 0.05) is 11.1 Å². The van der Waals surface area contributed by atoms with Gasteiger partial charge in [-0.3, -0.25) is 20.4 Å². The predicted octanol–water partition coefficient (Wildman–Crippen LogP) is 2.47. The minimum atomic E-state index is -0.842. The Balaban J connectivity index is 1.72. The molecule has 0 saturated heterocycles. The lowest BCUT2D eigenvalue weighted by Crippen LogP contribution is -2.48. The molecule has 2 aromatic rings. The van der Waals surface area contributed by atoms with E-state index in [4.69, 9.17) is 21.1 Å². The van der Waals surface area contributed by atoms with E-state index in [1.165, 1.54) is 25.1 Å². The summed E-state index contributed by atoms with van der Waals surface area (Å²) in [4.78, 5) is 23.5. The van der Waals surface area contributed by atoms with Gasteiger partial charge < -0.3 is 9.47 Å². The van der Waals surface area contributed by atoms with Crippen molar-refractivity contribution >= 4 is 23.4 Å². The molecule has 8 heteroatoms.